The van der Waals surface area contributed by atoms with Gasteiger partial charge < -0.3 is 10.2 Å². The Balaban J connectivity index is 2.40. The van der Waals surface area contributed by atoms with Crippen molar-refractivity contribution in [3.8, 4) is 0 Å². The van der Waals surface area contributed by atoms with Gasteiger partial charge in [0.15, 0.2) is 0 Å². The van der Waals surface area contributed by atoms with Crippen LogP contribution in [-0.4, -0.2) is 28.2 Å². The minimum atomic E-state index is -0.732. The van der Waals surface area contributed by atoms with Crippen LogP contribution >= 0.6 is 0 Å². The molecule has 0 saturated heterocycles. The van der Waals surface area contributed by atoms with E-state index in [-0.39, 0.29) is 16.6 Å². The number of rotatable bonds is 0. The van der Waals surface area contributed by atoms with Crippen LogP contribution in [0.3, 0.4) is 0 Å². The average Bonchev–Trinajstić information content (AvgIpc) is 2.08. The van der Waals surface area contributed by atoms with Gasteiger partial charge in [0.2, 0.25) is 0 Å². The quantitative estimate of drug-likeness (QED) is 0.576. The van der Waals surface area contributed by atoms with Crippen LogP contribution in [0.5, 0.6) is 0 Å². The number of hydrogen-bond acceptors (Lipinski definition) is 3. The van der Waals surface area contributed by atoms with Crippen LogP contribution in [0.1, 0.15) is 33.1 Å². The van der Waals surface area contributed by atoms with Gasteiger partial charge in [-0.3, -0.25) is 4.79 Å². The molecule has 74 valence electrons. The zero-order valence-electron chi connectivity index (χ0n) is 8.08. The first-order chi connectivity index (χ1) is 5.87. The van der Waals surface area contributed by atoms with Crippen molar-refractivity contribution in [1.29, 1.82) is 0 Å². The molecule has 4 atom stereocenters. The van der Waals surface area contributed by atoms with Crippen LogP contribution in [0, 0.1) is 10.8 Å². The van der Waals surface area contributed by atoms with Gasteiger partial charge in [0.25, 0.3) is 0 Å². The van der Waals surface area contributed by atoms with Crippen LogP contribution < -0.4 is 0 Å². The zero-order chi connectivity index (χ0) is 9.85. The molecule has 13 heavy (non-hydrogen) atoms. The highest BCUT2D eigenvalue weighted by atomic mass is 16.3. The summed E-state index contributed by atoms with van der Waals surface area (Å²) < 4.78 is 0. The lowest BCUT2D eigenvalue weighted by Gasteiger charge is -2.34. The Hall–Kier alpha value is -0.410. The Bertz CT molecular complexity index is 239. The topological polar surface area (TPSA) is 57.5 Å². The van der Waals surface area contributed by atoms with Gasteiger partial charge in [-0.05, 0) is 6.42 Å². The van der Waals surface area contributed by atoms with E-state index < -0.39 is 12.2 Å². The number of fused-ring (bicyclic) bond motifs is 2. The molecular weight excluding hydrogens is 168 g/mol. The van der Waals surface area contributed by atoms with Gasteiger partial charge in [0, 0.05) is 23.7 Å². The molecule has 0 aliphatic heterocycles. The van der Waals surface area contributed by atoms with Crippen LogP contribution in [-0.2, 0) is 4.79 Å². The maximum atomic E-state index is 11.4. The molecule has 2 fully saturated rings. The fourth-order valence-corrected chi connectivity index (χ4v) is 3.19. The van der Waals surface area contributed by atoms with Gasteiger partial charge in [0.05, 0.1) is 12.2 Å². The second-order valence-corrected chi connectivity index (χ2v) is 5.27. The average molecular weight is 184 g/mol. The molecule has 2 rings (SSSR count). The summed E-state index contributed by atoms with van der Waals surface area (Å²) in [5.74, 6) is 0.173. The Morgan fingerprint density at radius 1 is 1.15 bits per heavy atom. The number of Topliss-reactive ketones (excluding diaryl/α,β-unsaturated/α-hetero) is 1. The summed E-state index contributed by atoms with van der Waals surface area (Å²) in [6.45, 7) is 3.78. The van der Waals surface area contributed by atoms with E-state index in [1.165, 1.54) is 0 Å². The molecule has 2 bridgehead atoms. The third-order valence-electron chi connectivity index (χ3n) is 3.74. The maximum absolute atomic E-state index is 11.4. The smallest absolute Gasteiger partial charge is 0.134 e. The van der Waals surface area contributed by atoms with E-state index >= 15 is 0 Å². The van der Waals surface area contributed by atoms with Gasteiger partial charge in [-0.2, -0.15) is 0 Å². The molecule has 0 unspecified atom stereocenters. The van der Waals surface area contributed by atoms with E-state index in [2.05, 4.69) is 0 Å². The van der Waals surface area contributed by atoms with Gasteiger partial charge in [-0.15, -0.1) is 0 Å². The van der Waals surface area contributed by atoms with E-state index in [0.717, 1.165) is 6.42 Å². The first-order valence-electron chi connectivity index (χ1n) is 4.75. The summed E-state index contributed by atoms with van der Waals surface area (Å²) in [4.78, 5) is 11.4. The lowest BCUT2D eigenvalue weighted by Crippen LogP contribution is -2.34. The molecule has 0 aromatic heterocycles. The van der Waals surface area contributed by atoms with E-state index in [4.69, 9.17) is 0 Å². The molecule has 0 aromatic rings. The molecule has 2 N–H and O–H groups in total. The van der Waals surface area contributed by atoms with Crippen molar-refractivity contribution >= 4 is 5.78 Å². The molecule has 0 spiro atoms. The lowest BCUT2D eigenvalue weighted by molar-refractivity contribution is -0.126. The van der Waals surface area contributed by atoms with Crippen molar-refractivity contribution in [3.05, 3.63) is 0 Å². The van der Waals surface area contributed by atoms with E-state index in [1.54, 1.807) is 0 Å². The van der Waals surface area contributed by atoms with Crippen molar-refractivity contribution in [2.24, 2.45) is 10.8 Å². The largest absolute Gasteiger partial charge is 0.390 e. The maximum Gasteiger partial charge on any atom is 0.134 e. The molecule has 2 aliphatic carbocycles. The zero-order valence-corrected chi connectivity index (χ0v) is 8.08. The second kappa shape index (κ2) is 2.34. The Kier molecular flexibility index (Phi) is 1.65. The molecule has 3 nitrogen and oxygen atoms in total. The van der Waals surface area contributed by atoms with Crippen LogP contribution in [0.15, 0.2) is 0 Å². The minimum absolute atomic E-state index is 0.173. The normalized spacial score (nSPS) is 55.5. The van der Waals surface area contributed by atoms with E-state index in [0.29, 0.717) is 12.8 Å². The summed E-state index contributed by atoms with van der Waals surface area (Å²) in [5, 5.41) is 19.6. The highest BCUT2D eigenvalue weighted by Crippen LogP contribution is 2.56. The number of hydrogen-bond donors (Lipinski definition) is 2. The SMILES string of the molecule is C[C@@]12CC(=O)C[C@@](C)(C1)[C@@H](O)[C@H]2O. The van der Waals surface area contributed by atoms with Gasteiger partial charge in [-0.1, -0.05) is 13.8 Å². The standard InChI is InChI=1S/C10H16O3/c1-9-3-6(11)4-10(2,5-9)8(13)7(9)12/h7-8,12-13H,3-5H2,1-2H3/t7-,8+,9-,10+. The highest BCUT2D eigenvalue weighted by molar-refractivity contribution is 5.81. The fourth-order valence-electron chi connectivity index (χ4n) is 3.19. The fraction of sp³-hybridized carbons (Fsp3) is 0.900. The van der Waals surface area contributed by atoms with E-state index in [9.17, 15) is 15.0 Å². The molecule has 0 radical (unpaired) electrons. The van der Waals surface area contributed by atoms with Crippen molar-refractivity contribution in [3.63, 3.8) is 0 Å². The Morgan fingerprint density at radius 3 is 1.92 bits per heavy atom. The minimum Gasteiger partial charge on any atom is -0.390 e. The monoisotopic (exact) mass is 184 g/mol. The molecule has 0 aromatic carbocycles. The van der Waals surface area contributed by atoms with Crippen molar-refractivity contribution in [2.45, 2.75) is 45.3 Å². The summed E-state index contributed by atoms with van der Waals surface area (Å²) in [6, 6.07) is 0. The number of ketones is 1. The third-order valence-corrected chi connectivity index (χ3v) is 3.74. The first-order valence-corrected chi connectivity index (χ1v) is 4.75. The van der Waals surface area contributed by atoms with Crippen molar-refractivity contribution in [1.82, 2.24) is 0 Å². The number of carbonyl (C=O) groups is 1. The summed E-state index contributed by atoms with van der Waals surface area (Å²) in [5.41, 5.74) is -0.771. The molecule has 0 amide bonds. The highest BCUT2D eigenvalue weighted by Gasteiger charge is 2.60. The van der Waals surface area contributed by atoms with Crippen LogP contribution in [0.2, 0.25) is 0 Å². The molecule has 0 heterocycles. The summed E-state index contributed by atoms with van der Waals surface area (Å²) in [7, 11) is 0. The molecule has 2 aliphatic rings. The van der Waals surface area contributed by atoms with Crippen LogP contribution in [0.4, 0.5) is 0 Å². The van der Waals surface area contributed by atoms with Gasteiger partial charge >= 0.3 is 0 Å². The molecular formula is C10H16O3. The van der Waals surface area contributed by atoms with Gasteiger partial charge in [0.1, 0.15) is 5.78 Å². The molecule has 3 heteroatoms. The second-order valence-electron chi connectivity index (χ2n) is 5.27. The number of aliphatic hydroxyl groups is 2. The van der Waals surface area contributed by atoms with Crippen molar-refractivity contribution in [2.75, 3.05) is 0 Å². The van der Waals surface area contributed by atoms with Crippen LogP contribution in [0.25, 0.3) is 0 Å². The lowest BCUT2D eigenvalue weighted by atomic mass is 9.70. The summed E-state index contributed by atoms with van der Waals surface area (Å²) >= 11 is 0. The van der Waals surface area contributed by atoms with Gasteiger partial charge in [-0.25, -0.2) is 0 Å². The summed E-state index contributed by atoms with van der Waals surface area (Å²) in [6.07, 6.45) is 0.128. The third kappa shape index (κ3) is 1.07. The number of aliphatic hydroxyl groups excluding tert-OH is 2. The number of carbonyl (C=O) groups excluding carboxylic acids is 1. The Morgan fingerprint density at radius 2 is 1.54 bits per heavy atom. The predicted molar refractivity (Wildman–Crippen MR) is 47.1 cm³/mol. The first kappa shape index (κ1) is 9.16. The molecule has 2 saturated carbocycles. The Labute approximate surface area is 77.8 Å². The van der Waals surface area contributed by atoms with Crippen molar-refractivity contribution < 1.29 is 15.0 Å². The predicted octanol–water partition coefficient (Wildman–Crippen LogP) is 0.487. The van der Waals surface area contributed by atoms with E-state index in [1.807, 2.05) is 13.8 Å².